The molecule has 6 rings (SSSR count). The molecular weight excluding hydrogens is 595 g/mol. The summed E-state index contributed by atoms with van der Waals surface area (Å²) in [4.78, 5) is 28.4. The number of amides is 1. The number of ketones is 1. The van der Waals surface area contributed by atoms with Crippen molar-refractivity contribution in [3.63, 3.8) is 0 Å². The van der Waals surface area contributed by atoms with E-state index >= 15 is 0 Å². The molecule has 1 atom stereocenters. The molecule has 1 amide bonds. The van der Waals surface area contributed by atoms with Crippen LogP contribution in [0.5, 0.6) is 11.5 Å². The lowest BCUT2D eigenvalue weighted by Gasteiger charge is -2.24. The molecule has 0 fully saturated rings. The Hall–Kier alpha value is -4.93. The largest absolute Gasteiger partial charge is 0.504 e. The number of benzene rings is 4. The van der Waals surface area contributed by atoms with Crippen LogP contribution in [0.15, 0.2) is 113 Å². The van der Waals surface area contributed by atoms with Gasteiger partial charge in [0, 0.05) is 5.75 Å². The van der Waals surface area contributed by atoms with Crippen molar-refractivity contribution in [1.82, 2.24) is 10.2 Å². The minimum absolute atomic E-state index is 0.0837. The van der Waals surface area contributed by atoms with E-state index in [0.717, 1.165) is 21.9 Å². The van der Waals surface area contributed by atoms with Gasteiger partial charge < -0.3 is 14.9 Å². The van der Waals surface area contributed by atoms with Crippen molar-refractivity contribution < 1.29 is 24.5 Å². The summed E-state index contributed by atoms with van der Waals surface area (Å²) in [6.07, 6.45) is 2.96. The van der Waals surface area contributed by atoms with Gasteiger partial charge in [-0.3, -0.25) is 14.5 Å². The standard InChI is InChI=1S/C34H27N3O5S2/c1-2-42-28-19-23(16-18-26(28)38)30-29(27(39)17-15-21-9-4-3-5-10-21)31(40)32(41)37(30)33-35-36-34(44-33)43-20-24-13-8-12-22-11-6-7-14-25(22)24/h3-19,30,38,40H,2,20H2,1H3. The number of nitrogens with zero attached hydrogens (tertiary/aromatic N) is 3. The van der Waals surface area contributed by atoms with E-state index in [1.54, 1.807) is 25.1 Å². The smallest absolute Gasteiger partial charge is 0.296 e. The van der Waals surface area contributed by atoms with Crippen molar-refractivity contribution >= 4 is 56.8 Å². The number of aliphatic hydroxyl groups is 1. The maximum atomic E-state index is 13.6. The third-order valence-electron chi connectivity index (χ3n) is 7.13. The van der Waals surface area contributed by atoms with Gasteiger partial charge in [-0.2, -0.15) is 0 Å². The number of allylic oxidation sites excluding steroid dienone is 1. The summed E-state index contributed by atoms with van der Waals surface area (Å²) in [6, 6.07) is 27.1. The molecule has 4 aromatic carbocycles. The number of aromatic hydroxyl groups is 1. The summed E-state index contributed by atoms with van der Waals surface area (Å²) >= 11 is 2.69. The number of rotatable bonds is 10. The Kier molecular flexibility index (Phi) is 8.44. The molecule has 220 valence electrons. The first-order chi connectivity index (χ1) is 21.4. The van der Waals surface area contributed by atoms with E-state index in [1.807, 2.05) is 48.5 Å². The van der Waals surface area contributed by atoms with E-state index in [1.165, 1.54) is 40.1 Å². The Morgan fingerprint density at radius 2 is 1.77 bits per heavy atom. The SMILES string of the molecule is CCOc1cc(C2C(C(=O)C=Cc3ccccc3)=C(O)C(=O)N2c2nnc(SCc3cccc4ccccc34)s2)ccc1O. The number of aliphatic hydroxyl groups excluding tert-OH is 1. The van der Waals surface area contributed by atoms with Crippen LogP contribution < -0.4 is 9.64 Å². The highest BCUT2D eigenvalue weighted by Gasteiger charge is 2.45. The zero-order chi connectivity index (χ0) is 30.6. The van der Waals surface area contributed by atoms with Crippen LogP contribution in [0.2, 0.25) is 0 Å². The van der Waals surface area contributed by atoms with E-state index in [2.05, 4.69) is 34.5 Å². The van der Waals surface area contributed by atoms with Crippen LogP contribution in [0, 0.1) is 0 Å². The van der Waals surface area contributed by atoms with E-state index in [-0.39, 0.29) is 22.2 Å². The van der Waals surface area contributed by atoms with Crippen molar-refractivity contribution in [2.75, 3.05) is 11.5 Å². The second kappa shape index (κ2) is 12.7. The second-order valence-electron chi connectivity index (χ2n) is 9.89. The predicted octanol–water partition coefficient (Wildman–Crippen LogP) is 7.27. The Bertz CT molecular complexity index is 1910. The number of ether oxygens (including phenoxy) is 1. The van der Waals surface area contributed by atoms with Gasteiger partial charge >= 0.3 is 0 Å². The minimum Gasteiger partial charge on any atom is -0.504 e. The highest BCUT2D eigenvalue weighted by atomic mass is 32.2. The van der Waals surface area contributed by atoms with E-state index in [4.69, 9.17) is 4.74 Å². The molecular formula is C34H27N3O5S2. The number of carbonyl (C=O) groups is 2. The molecule has 1 aromatic heterocycles. The van der Waals surface area contributed by atoms with Crippen LogP contribution in [0.1, 0.15) is 29.7 Å². The lowest BCUT2D eigenvalue weighted by molar-refractivity contribution is -0.117. The molecule has 0 radical (unpaired) electrons. The van der Waals surface area contributed by atoms with Gasteiger partial charge in [-0.25, -0.2) is 0 Å². The Morgan fingerprint density at radius 1 is 1.00 bits per heavy atom. The Balaban J connectivity index is 1.34. The topological polar surface area (TPSA) is 113 Å². The number of phenolic OH excluding ortho intramolecular Hbond substituents is 1. The first-order valence-corrected chi connectivity index (χ1v) is 15.7. The van der Waals surface area contributed by atoms with Gasteiger partial charge in [0.05, 0.1) is 18.2 Å². The summed E-state index contributed by atoms with van der Waals surface area (Å²) in [5, 5.41) is 32.6. The maximum absolute atomic E-state index is 13.6. The number of phenols is 1. The molecule has 10 heteroatoms. The first-order valence-electron chi connectivity index (χ1n) is 13.9. The van der Waals surface area contributed by atoms with Crippen molar-refractivity contribution in [3.05, 3.63) is 125 Å². The van der Waals surface area contributed by atoms with Crippen LogP contribution in [0.4, 0.5) is 5.13 Å². The summed E-state index contributed by atoms with van der Waals surface area (Å²) < 4.78 is 6.21. The number of fused-ring (bicyclic) bond motifs is 1. The lowest BCUT2D eigenvalue weighted by atomic mass is 9.95. The van der Waals surface area contributed by atoms with Gasteiger partial charge in [0.2, 0.25) is 5.13 Å². The Labute approximate surface area is 262 Å². The quantitative estimate of drug-likeness (QED) is 0.0951. The first kappa shape index (κ1) is 29.2. The molecule has 0 spiro atoms. The zero-order valence-electron chi connectivity index (χ0n) is 23.6. The molecule has 5 aromatic rings. The maximum Gasteiger partial charge on any atom is 0.296 e. The van der Waals surface area contributed by atoms with E-state index in [9.17, 15) is 19.8 Å². The van der Waals surface area contributed by atoms with Gasteiger partial charge in [-0.05, 0) is 52.6 Å². The molecule has 44 heavy (non-hydrogen) atoms. The average molecular weight is 622 g/mol. The molecule has 8 nitrogen and oxygen atoms in total. The van der Waals surface area contributed by atoms with Crippen LogP contribution in [-0.4, -0.2) is 38.7 Å². The third-order valence-corrected chi connectivity index (χ3v) is 9.24. The summed E-state index contributed by atoms with van der Waals surface area (Å²) in [5.41, 5.74) is 2.29. The number of thioether (sulfide) groups is 1. The molecule has 1 unspecified atom stereocenters. The molecule has 0 saturated carbocycles. The zero-order valence-corrected chi connectivity index (χ0v) is 25.2. The normalized spacial score (nSPS) is 15.1. The highest BCUT2D eigenvalue weighted by Crippen LogP contribution is 2.45. The predicted molar refractivity (Wildman–Crippen MR) is 173 cm³/mol. The summed E-state index contributed by atoms with van der Waals surface area (Å²) in [5.74, 6) is -1.21. The monoisotopic (exact) mass is 621 g/mol. The number of hydrogen-bond donors (Lipinski definition) is 2. The van der Waals surface area contributed by atoms with Crippen LogP contribution >= 0.6 is 23.1 Å². The average Bonchev–Trinajstić information content (AvgIpc) is 3.62. The Morgan fingerprint density at radius 3 is 2.59 bits per heavy atom. The summed E-state index contributed by atoms with van der Waals surface area (Å²) in [6.45, 7) is 2.08. The molecule has 0 bridgehead atoms. The van der Waals surface area contributed by atoms with Crippen LogP contribution in [-0.2, 0) is 15.3 Å². The second-order valence-corrected chi connectivity index (χ2v) is 12.1. The van der Waals surface area contributed by atoms with Crippen molar-refractivity contribution in [2.45, 2.75) is 23.1 Å². The van der Waals surface area contributed by atoms with Gasteiger partial charge in [-0.15, -0.1) is 10.2 Å². The molecule has 0 saturated heterocycles. The third kappa shape index (κ3) is 5.82. The van der Waals surface area contributed by atoms with Gasteiger partial charge in [0.15, 0.2) is 27.4 Å². The molecule has 1 aliphatic rings. The fourth-order valence-corrected chi connectivity index (χ4v) is 6.95. The number of hydrogen-bond acceptors (Lipinski definition) is 9. The molecule has 2 heterocycles. The molecule has 2 N–H and O–H groups in total. The van der Waals surface area contributed by atoms with Crippen molar-refractivity contribution in [2.24, 2.45) is 0 Å². The van der Waals surface area contributed by atoms with E-state index in [0.29, 0.717) is 22.3 Å². The number of carbonyl (C=O) groups excluding carboxylic acids is 2. The van der Waals surface area contributed by atoms with E-state index < -0.39 is 23.5 Å². The highest BCUT2D eigenvalue weighted by molar-refractivity contribution is 8.00. The molecule has 0 aliphatic carbocycles. The number of aromatic nitrogens is 2. The van der Waals surface area contributed by atoms with Gasteiger partial charge in [0.1, 0.15) is 0 Å². The van der Waals surface area contributed by atoms with Crippen molar-refractivity contribution in [3.8, 4) is 11.5 Å². The minimum atomic E-state index is -1.03. The fourth-order valence-electron chi connectivity index (χ4n) is 5.08. The van der Waals surface area contributed by atoms with Crippen molar-refractivity contribution in [1.29, 1.82) is 0 Å². The molecule has 1 aliphatic heterocycles. The van der Waals surface area contributed by atoms with Gasteiger partial charge in [-0.1, -0.05) is 108 Å². The fraction of sp³-hybridized carbons (Fsp3) is 0.118. The lowest BCUT2D eigenvalue weighted by Crippen LogP contribution is -2.30. The number of anilines is 1. The van der Waals surface area contributed by atoms with Crippen LogP contribution in [0.25, 0.3) is 16.8 Å². The van der Waals surface area contributed by atoms with Gasteiger partial charge in [0.25, 0.3) is 5.91 Å². The van der Waals surface area contributed by atoms with Crippen LogP contribution in [0.3, 0.4) is 0 Å². The summed E-state index contributed by atoms with van der Waals surface area (Å²) in [7, 11) is 0.